The van der Waals surface area contributed by atoms with Crippen molar-refractivity contribution in [1.29, 1.82) is 0 Å². The van der Waals surface area contributed by atoms with Gasteiger partial charge in [0.25, 0.3) is 0 Å². The van der Waals surface area contributed by atoms with Gasteiger partial charge >= 0.3 is 0 Å². The van der Waals surface area contributed by atoms with E-state index >= 15 is 0 Å². The van der Waals surface area contributed by atoms with Gasteiger partial charge in [-0.15, -0.1) is 0 Å². The molecule has 0 spiro atoms. The predicted octanol–water partition coefficient (Wildman–Crippen LogP) is 3.18. The number of hydrogen-bond donors (Lipinski definition) is 2. The molecule has 138 valence electrons. The van der Waals surface area contributed by atoms with E-state index in [1.807, 2.05) is 0 Å². The zero-order valence-corrected chi connectivity index (χ0v) is 14.6. The monoisotopic (exact) mass is 359 g/mol. The summed E-state index contributed by atoms with van der Waals surface area (Å²) in [6.07, 6.45) is 2.67. The largest absolute Gasteiger partial charge is 0.360 e. The fourth-order valence-electron chi connectivity index (χ4n) is 3.21. The van der Waals surface area contributed by atoms with Crippen molar-refractivity contribution < 1.29 is 18.5 Å². The van der Waals surface area contributed by atoms with Gasteiger partial charge in [0, 0.05) is 24.4 Å². The summed E-state index contributed by atoms with van der Waals surface area (Å²) >= 11 is 0. The number of aryl methyl sites for hydroxylation is 1. The molecule has 0 unspecified atom stereocenters. The first kappa shape index (κ1) is 18.1. The maximum atomic E-state index is 12.9. The van der Waals surface area contributed by atoms with Gasteiger partial charge in [-0.3, -0.25) is 9.59 Å². The van der Waals surface area contributed by atoms with E-state index < -0.39 is 0 Å². The van der Waals surface area contributed by atoms with E-state index in [-0.39, 0.29) is 29.5 Å². The number of nitrogens with one attached hydrogen (secondary N) is 2. The summed E-state index contributed by atoms with van der Waals surface area (Å²) in [4.78, 5) is 24.6. The van der Waals surface area contributed by atoms with Crippen molar-refractivity contribution in [2.24, 2.45) is 11.8 Å². The highest BCUT2D eigenvalue weighted by Gasteiger charge is 2.30. The molecule has 1 aromatic carbocycles. The molecule has 3 rings (SSSR count). The zero-order valence-electron chi connectivity index (χ0n) is 14.6. The van der Waals surface area contributed by atoms with E-state index in [2.05, 4.69) is 15.8 Å². The zero-order chi connectivity index (χ0) is 18.5. The molecule has 0 aliphatic heterocycles. The molecule has 0 saturated heterocycles. The van der Waals surface area contributed by atoms with Crippen LogP contribution in [-0.2, 0) is 16.1 Å². The molecule has 1 aliphatic rings. The average Bonchev–Trinajstić information content (AvgIpc) is 3.06. The molecule has 1 saturated carbocycles. The minimum Gasteiger partial charge on any atom is -0.360 e. The van der Waals surface area contributed by atoms with Crippen molar-refractivity contribution in [1.82, 2.24) is 10.5 Å². The van der Waals surface area contributed by atoms with E-state index in [1.165, 1.54) is 12.1 Å². The molecule has 1 fully saturated rings. The Labute approximate surface area is 151 Å². The second kappa shape index (κ2) is 8.12. The number of anilines is 1. The second-order valence-electron chi connectivity index (χ2n) is 6.70. The lowest BCUT2D eigenvalue weighted by atomic mass is 9.81. The lowest BCUT2D eigenvalue weighted by Gasteiger charge is -2.26. The molecule has 2 amide bonds. The van der Waals surface area contributed by atoms with Gasteiger partial charge in [0.1, 0.15) is 11.6 Å². The third kappa shape index (κ3) is 4.68. The number of amides is 2. The van der Waals surface area contributed by atoms with Crippen LogP contribution in [0.3, 0.4) is 0 Å². The van der Waals surface area contributed by atoms with Crippen LogP contribution in [0.25, 0.3) is 0 Å². The Bertz CT molecular complexity index is 765. The Morgan fingerprint density at radius 1 is 1.12 bits per heavy atom. The van der Waals surface area contributed by atoms with Gasteiger partial charge in [0.15, 0.2) is 5.82 Å². The molecule has 1 aromatic heterocycles. The van der Waals surface area contributed by atoms with Crippen LogP contribution in [-0.4, -0.2) is 17.0 Å². The first-order valence-electron chi connectivity index (χ1n) is 8.77. The summed E-state index contributed by atoms with van der Waals surface area (Å²) in [5.41, 5.74) is 0.857. The summed E-state index contributed by atoms with van der Waals surface area (Å²) < 4.78 is 17.8. The highest BCUT2D eigenvalue weighted by atomic mass is 19.1. The van der Waals surface area contributed by atoms with Crippen LogP contribution in [0.2, 0.25) is 0 Å². The van der Waals surface area contributed by atoms with Crippen LogP contribution in [0.4, 0.5) is 10.2 Å². The molecule has 0 atom stereocenters. The lowest BCUT2D eigenvalue weighted by molar-refractivity contribution is -0.128. The summed E-state index contributed by atoms with van der Waals surface area (Å²) in [6, 6.07) is 7.74. The van der Waals surface area contributed by atoms with Crippen LogP contribution < -0.4 is 10.6 Å². The molecule has 6 nitrogen and oxygen atoms in total. The van der Waals surface area contributed by atoms with E-state index in [0.717, 1.165) is 5.56 Å². The summed E-state index contributed by atoms with van der Waals surface area (Å²) in [7, 11) is 0. The minimum atomic E-state index is -0.294. The Morgan fingerprint density at radius 3 is 2.31 bits per heavy atom. The Kier molecular flexibility index (Phi) is 5.65. The standard InChI is InChI=1S/C19H22FN3O3/c1-12-10-17(23-26-12)22-19(25)15-6-4-14(5-7-15)18(24)21-11-13-2-8-16(20)9-3-13/h2-3,8-10,14-15H,4-7,11H2,1H3,(H,21,24)(H,22,23,25). The van der Waals surface area contributed by atoms with E-state index in [4.69, 9.17) is 4.52 Å². The van der Waals surface area contributed by atoms with E-state index in [1.54, 1.807) is 25.1 Å². The normalized spacial score (nSPS) is 19.8. The average molecular weight is 359 g/mol. The number of aromatic nitrogens is 1. The van der Waals surface area contributed by atoms with Crippen molar-refractivity contribution in [3.05, 3.63) is 47.5 Å². The number of rotatable bonds is 5. The van der Waals surface area contributed by atoms with Crippen molar-refractivity contribution in [2.75, 3.05) is 5.32 Å². The third-order valence-corrected chi connectivity index (χ3v) is 4.73. The maximum absolute atomic E-state index is 12.9. The van der Waals surface area contributed by atoms with Gasteiger partial charge < -0.3 is 15.2 Å². The molecular formula is C19H22FN3O3. The van der Waals surface area contributed by atoms with Gasteiger partial charge in [-0.25, -0.2) is 4.39 Å². The van der Waals surface area contributed by atoms with Gasteiger partial charge in [-0.1, -0.05) is 17.3 Å². The quantitative estimate of drug-likeness (QED) is 0.859. The summed E-state index contributed by atoms with van der Waals surface area (Å²) in [5.74, 6) is 0.469. The van der Waals surface area contributed by atoms with Gasteiger partial charge in [0.05, 0.1) is 0 Å². The van der Waals surface area contributed by atoms with Gasteiger partial charge in [-0.05, 0) is 50.3 Å². The summed E-state index contributed by atoms with van der Waals surface area (Å²) in [5, 5.41) is 9.40. The highest BCUT2D eigenvalue weighted by Crippen LogP contribution is 2.30. The first-order valence-corrected chi connectivity index (χ1v) is 8.77. The number of nitrogens with zero attached hydrogens (tertiary/aromatic N) is 1. The number of hydrogen-bond acceptors (Lipinski definition) is 4. The fourth-order valence-corrected chi connectivity index (χ4v) is 3.21. The first-order chi connectivity index (χ1) is 12.5. The molecular weight excluding hydrogens is 337 g/mol. The van der Waals surface area contributed by atoms with Crippen molar-refractivity contribution in [3.8, 4) is 0 Å². The third-order valence-electron chi connectivity index (χ3n) is 4.73. The molecule has 2 aromatic rings. The SMILES string of the molecule is Cc1cc(NC(=O)C2CCC(C(=O)NCc3ccc(F)cc3)CC2)no1. The predicted molar refractivity (Wildman–Crippen MR) is 93.6 cm³/mol. The minimum absolute atomic E-state index is 0.0136. The number of carbonyl (C=O) groups is 2. The van der Waals surface area contributed by atoms with Crippen LogP contribution in [0.5, 0.6) is 0 Å². The second-order valence-corrected chi connectivity index (χ2v) is 6.70. The number of benzene rings is 1. The number of carbonyl (C=O) groups excluding carboxylic acids is 2. The Morgan fingerprint density at radius 2 is 1.73 bits per heavy atom. The molecule has 1 heterocycles. The molecule has 26 heavy (non-hydrogen) atoms. The Hall–Kier alpha value is -2.70. The fraction of sp³-hybridized carbons (Fsp3) is 0.421. The van der Waals surface area contributed by atoms with Crippen molar-refractivity contribution >= 4 is 17.6 Å². The number of halogens is 1. The molecule has 2 N–H and O–H groups in total. The topological polar surface area (TPSA) is 84.2 Å². The smallest absolute Gasteiger partial charge is 0.228 e. The van der Waals surface area contributed by atoms with Crippen LogP contribution in [0.15, 0.2) is 34.9 Å². The highest BCUT2D eigenvalue weighted by molar-refractivity contribution is 5.91. The molecule has 0 radical (unpaired) electrons. The lowest BCUT2D eigenvalue weighted by Crippen LogP contribution is -2.35. The molecule has 1 aliphatic carbocycles. The van der Waals surface area contributed by atoms with Crippen molar-refractivity contribution in [2.45, 2.75) is 39.2 Å². The van der Waals surface area contributed by atoms with Gasteiger partial charge in [0.2, 0.25) is 11.8 Å². The Balaban J connectivity index is 1.43. The van der Waals surface area contributed by atoms with Gasteiger partial charge in [-0.2, -0.15) is 0 Å². The van der Waals surface area contributed by atoms with E-state index in [9.17, 15) is 14.0 Å². The summed E-state index contributed by atoms with van der Waals surface area (Å²) in [6.45, 7) is 2.14. The van der Waals surface area contributed by atoms with E-state index in [0.29, 0.717) is 43.8 Å². The molecule has 0 bridgehead atoms. The van der Waals surface area contributed by atoms with Crippen LogP contribution >= 0.6 is 0 Å². The van der Waals surface area contributed by atoms with Crippen LogP contribution in [0.1, 0.15) is 37.0 Å². The maximum Gasteiger partial charge on any atom is 0.228 e. The molecule has 7 heteroatoms. The van der Waals surface area contributed by atoms with Crippen molar-refractivity contribution in [3.63, 3.8) is 0 Å². The van der Waals surface area contributed by atoms with Crippen LogP contribution in [0, 0.1) is 24.6 Å².